The second-order valence-corrected chi connectivity index (χ2v) is 3.76. The lowest BCUT2D eigenvalue weighted by Crippen LogP contribution is -2.10. The van der Waals surface area contributed by atoms with E-state index < -0.39 is 0 Å². The molecule has 4 nitrogen and oxygen atoms in total. The summed E-state index contributed by atoms with van der Waals surface area (Å²) in [5.74, 6) is 0.286. The largest absolute Gasteiger partial charge is 0.461 e. The fourth-order valence-corrected chi connectivity index (χ4v) is 1.80. The van der Waals surface area contributed by atoms with Gasteiger partial charge < -0.3 is 4.42 Å². The van der Waals surface area contributed by atoms with Crippen molar-refractivity contribution >= 4 is 16.7 Å². The van der Waals surface area contributed by atoms with Crippen molar-refractivity contribution in [1.82, 2.24) is 9.78 Å². The van der Waals surface area contributed by atoms with Gasteiger partial charge in [-0.2, -0.15) is 5.10 Å². The number of furan rings is 1. The fourth-order valence-electron chi connectivity index (χ4n) is 1.80. The Bertz CT molecular complexity index is 653. The third kappa shape index (κ3) is 1.73. The maximum atomic E-state index is 11.9. The Morgan fingerprint density at radius 3 is 2.94 bits per heavy atom. The Kier molecular flexibility index (Phi) is 2.26. The highest BCUT2D eigenvalue weighted by molar-refractivity contribution is 5.94. The maximum absolute atomic E-state index is 11.9. The van der Waals surface area contributed by atoms with Crippen LogP contribution in [0.3, 0.4) is 0 Å². The first-order chi connectivity index (χ1) is 8.34. The van der Waals surface area contributed by atoms with Gasteiger partial charge in [0.1, 0.15) is 6.54 Å². The molecule has 0 radical (unpaired) electrons. The number of nitrogens with zero attached hydrogens (tertiary/aromatic N) is 2. The van der Waals surface area contributed by atoms with E-state index in [2.05, 4.69) is 5.10 Å². The van der Waals surface area contributed by atoms with Crippen LogP contribution in [0.25, 0.3) is 10.9 Å². The summed E-state index contributed by atoms with van der Waals surface area (Å²) in [5, 5.41) is 5.23. The van der Waals surface area contributed by atoms with Crippen molar-refractivity contribution in [3.05, 3.63) is 54.6 Å². The second kappa shape index (κ2) is 3.90. The summed E-state index contributed by atoms with van der Waals surface area (Å²) in [4.78, 5) is 11.9. The van der Waals surface area contributed by atoms with Gasteiger partial charge in [-0.15, -0.1) is 0 Å². The second-order valence-electron chi connectivity index (χ2n) is 3.76. The molecule has 0 aliphatic heterocycles. The molecular formula is C13H10N2O2. The normalized spacial score (nSPS) is 10.8. The number of rotatable bonds is 3. The molecule has 0 aliphatic carbocycles. The number of ketones is 1. The number of hydrogen-bond acceptors (Lipinski definition) is 3. The van der Waals surface area contributed by atoms with E-state index in [9.17, 15) is 4.79 Å². The van der Waals surface area contributed by atoms with Crippen LogP contribution in [0, 0.1) is 0 Å². The van der Waals surface area contributed by atoms with Crippen molar-refractivity contribution in [2.24, 2.45) is 0 Å². The van der Waals surface area contributed by atoms with Crippen LogP contribution in [0.2, 0.25) is 0 Å². The van der Waals surface area contributed by atoms with Gasteiger partial charge in [0.15, 0.2) is 5.76 Å². The number of Topliss-reactive ketones (excluding diaryl/α,β-unsaturated/α-hetero) is 1. The molecule has 17 heavy (non-hydrogen) atoms. The molecule has 0 saturated carbocycles. The van der Waals surface area contributed by atoms with Gasteiger partial charge in [0.05, 0.1) is 18.0 Å². The number of aromatic nitrogens is 2. The number of carbonyl (C=O) groups is 1. The molecule has 0 amide bonds. The molecule has 0 aliphatic rings. The van der Waals surface area contributed by atoms with Gasteiger partial charge in [0.25, 0.3) is 0 Å². The highest BCUT2D eigenvalue weighted by Gasteiger charge is 2.11. The fraction of sp³-hybridized carbons (Fsp3) is 0.0769. The van der Waals surface area contributed by atoms with Gasteiger partial charge in [0.2, 0.25) is 5.78 Å². The Hall–Kier alpha value is -2.36. The van der Waals surface area contributed by atoms with E-state index in [1.165, 1.54) is 6.26 Å². The lowest BCUT2D eigenvalue weighted by atomic mass is 10.2. The van der Waals surface area contributed by atoms with E-state index in [0.29, 0.717) is 5.76 Å². The van der Waals surface area contributed by atoms with Gasteiger partial charge in [-0.25, -0.2) is 0 Å². The Morgan fingerprint density at radius 2 is 2.12 bits per heavy atom. The molecule has 2 heterocycles. The zero-order valence-corrected chi connectivity index (χ0v) is 9.04. The van der Waals surface area contributed by atoms with Crippen LogP contribution >= 0.6 is 0 Å². The lowest BCUT2D eigenvalue weighted by molar-refractivity contribution is 0.0942. The molecule has 0 unspecified atom stereocenters. The summed E-state index contributed by atoms with van der Waals surface area (Å²) in [7, 11) is 0. The average molecular weight is 226 g/mol. The van der Waals surface area contributed by atoms with Gasteiger partial charge in [0, 0.05) is 5.39 Å². The van der Waals surface area contributed by atoms with Crippen molar-refractivity contribution in [2.45, 2.75) is 6.54 Å². The van der Waals surface area contributed by atoms with Crippen LogP contribution in [0.4, 0.5) is 0 Å². The third-order valence-electron chi connectivity index (χ3n) is 2.64. The SMILES string of the molecule is O=C(Cn1ncc2ccccc21)c1ccco1. The summed E-state index contributed by atoms with van der Waals surface area (Å²) < 4.78 is 6.75. The molecule has 0 N–H and O–H groups in total. The zero-order chi connectivity index (χ0) is 11.7. The van der Waals surface area contributed by atoms with Crippen LogP contribution in [0.15, 0.2) is 53.3 Å². The first-order valence-corrected chi connectivity index (χ1v) is 5.32. The van der Waals surface area contributed by atoms with Crippen LogP contribution in [0.1, 0.15) is 10.6 Å². The van der Waals surface area contributed by atoms with Gasteiger partial charge >= 0.3 is 0 Å². The van der Waals surface area contributed by atoms with E-state index in [1.54, 1.807) is 23.0 Å². The molecule has 4 heteroatoms. The summed E-state index contributed by atoms with van der Waals surface area (Å²) >= 11 is 0. The van der Waals surface area contributed by atoms with Gasteiger partial charge in [-0.3, -0.25) is 9.48 Å². The van der Waals surface area contributed by atoms with E-state index in [0.717, 1.165) is 10.9 Å². The van der Waals surface area contributed by atoms with Gasteiger partial charge in [-0.05, 0) is 18.2 Å². The predicted octanol–water partition coefficient (Wildman–Crippen LogP) is 2.51. The van der Waals surface area contributed by atoms with Crippen molar-refractivity contribution in [3.8, 4) is 0 Å². The molecule has 2 aromatic heterocycles. The minimum atomic E-state index is -0.0798. The molecule has 0 atom stereocenters. The topological polar surface area (TPSA) is 48.0 Å². The Morgan fingerprint density at radius 1 is 1.24 bits per heavy atom. The maximum Gasteiger partial charge on any atom is 0.219 e. The van der Waals surface area contributed by atoms with Crippen LogP contribution in [-0.4, -0.2) is 15.6 Å². The molecular weight excluding hydrogens is 216 g/mol. The van der Waals surface area contributed by atoms with Crippen molar-refractivity contribution < 1.29 is 9.21 Å². The van der Waals surface area contributed by atoms with Crippen molar-refractivity contribution in [3.63, 3.8) is 0 Å². The monoisotopic (exact) mass is 226 g/mol. The summed E-state index contributed by atoms with van der Waals surface area (Å²) in [6.45, 7) is 0.195. The standard InChI is InChI=1S/C13H10N2O2/c16-12(13-6-3-7-17-13)9-15-11-5-2-1-4-10(11)8-14-15/h1-8H,9H2. The van der Waals surface area contributed by atoms with E-state index in [4.69, 9.17) is 4.42 Å². The highest BCUT2D eigenvalue weighted by atomic mass is 16.3. The predicted molar refractivity (Wildman–Crippen MR) is 62.8 cm³/mol. The van der Waals surface area contributed by atoms with E-state index in [1.807, 2.05) is 24.3 Å². The summed E-state index contributed by atoms with van der Waals surface area (Å²) in [6.07, 6.45) is 3.25. The number of benzene rings is 1. The number of fused-ring (bicyclic) bond motifs is 1. The minimum Gasteiger partial charge on any atom is -0.461 e. The first-order valence-electron chi connectivity index (χ1n) is 5.32. The Labute approximate surface area is 97.5 Å². The smallest absolute Gasteiger partial charge is 0.219 e. The number of para-hydroxylation sites is 1. The van der Waals surface area contributed by atoms with Gasteiger partial charge in [-0.1, -0.05) is 18.2 Å². The highest BCUT2D eigenvalue weighted by Crippen LogP contribution is 2.13. The van der Waals surface area contributed by atoms with Crippen molar-refractivity contribution in [2.75, 3.05) is 0 Å². The number of hydrogen-bond donors (Lipinski definition) is 0. The minimum absolute atomic E-state index is 0.0798. The molecule has 0 bridgehead atoms. The molecule has 0 fully saturated rings. The lowest BCUT2D eigenvalue weighted by Gasteiger charge is -2.00. The molecule has 3 rings (SSSR count). The van der Waals surface area contributed by atoms with Crippen LogP contribution < -0.4 is 0 Å². The molecule has 0 saturated heterocycles. The quantitative estimate of drug-likeness (QED) is 0.645. The Balaban J connectivity index is 1.93. The summed E-state index contributed by atoms with van der Waals surface area (Å²) in [6, 6.07) is 11.1. The summed E-state index contributed by atoms with van der Waals surface area (Å²) in [5.41, 5.74) is 0.951. The molecule has 84 valence electrons. The molecule has 1 aromatic carbocycles. The van der Waals surface area contributed by atoms with Crippen molar-refractivity contribution in [1.29, 1.82) is 0 Å². The zero-order valence-electron chi connectivity index (χ0n) is 9.04. The van der Waals surface area contributed by atoms with E-state index >= 15 is 0 Å². The first kappa shape index (κ1) is 9.84. The van der Waals surface area contributed by atoms with Crippen LogP contribution in [0.5, 0.6) is 0 Å². The number of carbonyl (C=O) groups excluding carboxylic acids is 1. The van der Waals surface area contributed by atoms with E-state index in [-0.39, 0.29) is 12.3 Å². The average Bonchev–Trinajstić information content (AvgIpc) is 2.98. The molecule has 0 spiro atoms. The molecule has 3 aromatic rings. The van der Waals surface area contributed by atoms with Crippen LogP contribution in [-0.2, 0) is 6.54 Å². The third-order valence-corrected chi connectivity index (χ3v) is 2.64.